The first-order valence-electron chi connectivity index (χ1n) is 5.07. The van der Waals surface area contributed by atoms with Crippen LogP contribution >= 0.6 is 0 Å². The smallest absolute Gasteiger partial charge is 0.179 e. The molecule has 1 aromatic carbocycles. The Balaban J connectivity index is 3.43. The first kappa shape index (κ1) is 12.5. The fourth-order valence-electron chi connectivity index (χ4n) is 1.62. The highest BCUT2D eigenvalue weighted by atomic mass is 16.5. The van der Waals surface area contributed by atoms with Gasteiger partial charge in [-0.15, -0.1) is 0 Å². The summed E-state index contributed by atoms with van der Waals surface area (Å²) in [6.07, 6.45) is 0. The molecule has 16 heavy (non-hydrogen) atoms. The molecule has 1 atom stereocenters. The molecule has 0 amide bonds. The molecular weight excluding hydrogens is 206 g/mol. The van der Waals surface area contributed by atoms with E-state index in [4.69, 9.17) is 10.5 Å². The summed E-state index contributed by atoms with van der Waals surface area (Å²) in [6.45, 7) is 5.08. The first-order chi connectivity index (χ1) is 7.40. The molecule has 0 saturated carbocycles. The van der Waals surface area contributed by atoms with E-state index in [9.17, 15) is 9.90 Å². The SMILES string of the molecule is COc1c(C)c(C(=O)C(C)N)cc(C)c1O. The standard InChI is InChI=1S/C12H17NO3/c1-6-5-9(11(15)8(3)13)7(2)12(16-4)10(6)14/h5,8,14H,13H2,1-4H3. The molecule has 0 aliphatic heterocycles. The number of rotatable bonds is 3. The number of aryl methyl sites for hydroxylation is 1. The van der Waals surface area contributed by atoms with Crippen molar-refractivity contribution in [3.8, 4) is 11.5 Å². The summed E-state index contributed by atoms with van der Waals surface area (Å²) in [5.41, 5.74) is 7.29. The van der Waals surface area contributed by atoms with Gasteiger partial charge in [0.05, 0.1) is 13.2 Å². The number of aromatic hydroxyl groups is 1. The summed E-state index contributed by atoms with van der Waals surface area (Å²) >= 11 is 0. The van der Waals surface area contributed by atoms with Crippen LogP contribution in [0.3, 0.4) is 0 Å². The highest BCUT2D eigenvalue weighted by molar-refractivity contribution is 6.02. The van der Waals surface area contributed by atoms with Gasteiger partial charge in [0.2, 0.25) is 0 Å². The Hall–Kier alpha value is -1.55. The van der Waals surface area contributed by atoms with Crippen molar-refractivity contribution in [2.24, 2.45) is 5.73 Å². The highest BCUT2D eigenvalue weighted by Crippen LogP contribution is 2.35. The number of ether oxygens (including phenoxy) is 1. The Morgan fingerprint density at radius 2 is 2.06 bits per heavy atom. The highest BCUT2D eigenvalue weighted by Gasteiger charge is 2.19. The second-order valence-corrected chi connectivity index (χ2v) is 3.90. The monoisotopic (exact) mass is 223 g/mol. The fourth-order valence-corrected chi connectivity index (χ4v) is 1.62. The number of hydrogen-bond acceptors (Lipinski definition) is 4. The lowest BCUT2D eigenvalue weighted by Crippen LogP contribution is -2.27. The van der Waals surface area contributed by atoms with E-state index in [-0.39, 0.29) is 11.5 Å². The van der Waals surface area contributed by atoms with Crippen LogP contribution < -0.4 is 10.5 Å². The Morgan fingerprint density at radius 3 is 2.50 bits per heavy atom. The summed E-state index contributed by atoms with van der Waals surface area (Å²) in [5, 5.41) is 9.76. The Kier molecular flexibility index (Phi) is 3.55. The van der Waals surface area contributed by atoms with E-state index in [0.29, 0.717) is 22.4 Å². The predicted octanol–water partition coefficient (Wildman–Crippen LogP) is 1.55. The van der Waals surface area contributed by atoms with Crippen molar-refractivity contribution in [3.63, 3.8) is 0 Å². The largest absolute Gasteiger partial charge is 0.504 e. The van der Waals surface area contributed by atoms with Crippen LogP contribution in [0.2, 0.25) is 0 Å². The number of benzene rings is 1. The van der Waals surface area contributed by atoms with Gasteiger partial charge in [-0.1, -0.05) is 0 Å². The molecule has 0 bridgehead atoms. The normalized spacial score (nSPS) is 12.3. The average molecular weight is 223 g/mol. The number of phenols is 1. The van der Waals surface area contributed by atoms with Crippen molar-refractivity contribution >= 4 is 5.78 Å². The second kappa shape index (κ2) is 4.53. The van der Waals surface area contributed by atoms with Crippen molar-refractivity contribution in [3.05, 3.63) is 22.8 Å². The van der Waals surface area contributed by atoms with Crippen LogP contribution in [0, 0.1) is 13.8 Å². The topological polar surface area (TPSA) is 72.5 Å². The van der Waals surface area contributed by atoms with E-state index < -0.39 is 6.04 Å². The summed E-state index contributed by atoms with van der Waals surface area (Å²) in [4.78, 5) is 11.8. The number of phenolic OH excluding ortho intramolecular Hbond substituents is 1. The number of ketones is 1. The zero-order chi connectivity index (χ0) is 12.5. The third-order valence-electron chi connectivity index (χ3n) is 2.58. The van der Waals surface area contributed by atoms with Crippen molar-refractivity contribution in [2.45, 2.75) is 26.8 Å². The van der Waals surface area contributed by atoms with Gasteiger partial charge in [0, 0.05) is 11.1 Å². The van der Waals surface area contributed by atoms with E-state index >= 15 is 0 Å². The number of carbonyl (C=O) groups is 1. The molecule has 0 saturated heterocycles. The molecule has 0 fully saturated rings. The Morgan fingerprint density at radius 1 is 1.50 bits per heavy atom. The lowest BCUT2D eigenvalue weighted by atomic mass is 9.97. The van der Waals surface area contributed by atoms with Gasteiger partial charge in [0.15, 0.2) is 17.3 Å². The van der Waals surface area contributed by atoms with Crippen LogP contribution in [0.15, 0.2) is 6.07 Å². The maximum absolute atomic E-state index is 11.8. The molecule has 0 heterocycles. The maximum atomic E-state index is 11.8. The molecule has 0 spiro atoms. The van der Waals surface area contributed by atoms with Crippen LogP contribution in [0.25, 0.3) is 0 Å². The van der Waals surface area contributed by atoms with E-state index in [2.05, 4.69) is 0 Å². The van der Waals surface area contributed by atoms with Gasteiger partial charge in [-0.05, 0) is 32.4 Å². The van der Waals surface area contributed by atoms with Gasteiger partial charge in [-0.3, -0.25) is 4.79 Å². The van der Waals surface area contributed by atoms with Crippen LogP contribution in [0.4, 0.5) is 0 Å². The summed E-state index contributed by atoms with van der Waals surface area (Å²) in [5.74, 6) is 0.254. The van der Waals surface area contributed by atoms with Gasteiger partial charge in [-0.2, -0.15) is 0 Å². The fraction of sp³-hybridized carbons (Fsp3) is 0.417. The quantitative estimate of drug-likeness (QED) is 0.762. The zero-order valence-corrected chi connectivity index (χ0v) is 10.00. The van der Waals surface area contributed by atoms with Crippen molar-refractivity contribution in [1.82, 2.24) is 0 Å². The second-order valence-electron chi connectivity index (χ2n) is 3.90. The molecule has 1 unspecified atom stereocenters. The van der Waals surface area contributed by atoms with Crippen LogP contribution in [0.1, 0.15) is 28.4 Å². The summed E-state index contributed by atoms with van der Waals surface area (Å²) in [7, 11) is 1.46. The van der Waals surface area contributed by atoms with Gasteiger partial charge in [0.25, 0.3) is 0 Å². The summed E-state index contributed by atoms with van der Waals surface area (Å²) in [6, 6.07) is 1.08. The van der Waals surface area contributed by atoms with Gasteiger partial charge in [-0.25, -0.2) is 0 Å². The molecule has 3 N–H and O–H groups in total. The molecule has 1 rings (SSSR count). The van der Waals surface area contributed by atoms with Crippen LogP contribution in [-0.4, -0.2) is 24.0 Å². The molecule has 0 aromatic heterocycles. The molecule has 1 aromatic rings. The zero-order valence-electron chi connectivity index (χ0n) is 10.00. The predicted molar refractivity (Wildman–Crippen MR) is 62.1 cm³/mol. The minimum absolute atomic E-state index is 0.0706. The minimum atomic E-state index is -0.563. The van der Waals surface area contributed by atoms with Crippen LogP contribution in [-0.2, 0) is 0 Å². The first-order valence-corrected chi connectivity index (χ1v) is 5.07. The number of Topliss-reactive ketones (excluding diaryl/α,β-unsaturated/α-hetero) is 1. The molecule has 88 valence electrons. The lowest BCUT2D eigenvalue weighted by molar-refractivity contribution is 0.0967. The van der Waals surface area contributed by atoms with Gasteiger partial charge >= 0.3 is 0 Å². The van der Waals surface area contributed by atoms with Crippen molar-refractivity contribution in [2.75, 3.05) is 7.11 Å². The van der Waals surface area contributed by atoms with Crippen molar-refractivity contribution in [1.29, 1.82) is 0 Å². The maximum Gasteiger partial charge on any atom is 0.179 e. The molecular formula is C12H17NO3. The number of hydrogen-bond donors (Lipinski definition) is 2. The van der Waals surface area contributed by atoms with Gasteiger partial charge < -0.3 is 15.6 Å². The third-order valence-corrected chi connectivity index (χ3v) is 2.58. The molecule has 0 radical (unpaired) electrons. The van der Waals surface area contributed by atoms with E-state index in [0.717, 1.165) is 0 Å². The van der Waals surface area contributed by atoms with Crippen LogP contribution in [0.5, 0.6) is 11.5 Å². The summed E-state index contributed by atoms with van der Waals surface area (Å²) < 4.78 is 5.08. The van der Waals surface area contributed by atoms with E-state index in [1.54, 1.807) is 26.8 Å². The van der Waals surface area contributed by atoms with Crippen molar-refractivity contribution < 1.29 is 14.6 Å². The number of methoxy groups -OCH3 is 1. The molecule has 4 nitrogen and oxygen atoms in total. The minimum Gasteiger partial charge on any atom is -0.504 e. The average Bonchev–Trinajstić information content (AvgIpc) is 2.23. The number of nitrogens with two attached hydrogens (primary N) is 1. The Labute approximate surface area is 95.0 Å². The number of carbonyl (C=O) groups excluding carboxylic acids is 1. The molecule has 0 aliphatic carbocycles. The van der Waals surface area contributed by atoms with Gasteiger partial charge in [0.1, 0.15) is 0 Å². The molecule has 4 heteroatoms. The third kappa shape index (κ3) is 2.02. The molecule has 0 aliphatic rings. The van der Waals surface area contributed by atoms with E-state index in [1.165, 1.54) is 7.11 Å². The Bertz CT molecular complexity index is 425. The van der Waals surface area contributed by atoms with E-state index in [1.807, 2.05) is 0 Å². The lowest BCUT2D eigenvalue weighted by Gasteiger charge is -2.14.